The zero-order valence-corrected chi connectivity index (χ0v) is 16.0. The number of carbonyl (C=O) groups excluding carboxylic acids is 1. The third-order valence-corrected chi connectivity index (χ3v) is 5.97. The van der Waals surface area contributed by atoms with Crippen LogP contribution in [0.2, 0.25) is 0 Å². The lowest BCUT2D eigenvalue weighted by Gasteiger charge is -2.36. The number of nitrogens with one attached hydrogen (secondary N) is 2. The van der Waals surface area contributed by atoms with Crippen LogP contribution < -0.4 is 10.9 Å². The minimum atomic E-state index is 0.0549. The van der Waals surface area contributed by atoms with Gasteiger partial charge in [-0.25, -0.2) is 9.97 Å². The van der Waals surface area contributed by atoms with E-state index in [4.69, 9.17) is 0 Å². The molecule has 27 heavy (non-hydrogen) atoms. The summed E-state index contributed by atoms with van der Waals surface area (Å²) in [6, 6.07) is 9.23. The van der Waals surface area contributed by atoms with E-state index >= 15 is 0 Å². The predicted molar refractivity (Wildman–Crippen MR) is 104 cm³/mol. The molecular formula is C21H27N5O. The van der Waals surface area contributed by atoms with E-state index in [1.165, 1.54) is 17.5 Å². The van der Waals surface area contributed by atoms with Crippen LogP contribution in [0.15, 0.2) is 36.8 Å². The Morgan fingerprint density at radius 3 is 2.78 bits per heavy atom. The zero-order chi connectivity index (χ0) is 18.8. The third kappa shape index (κ3) is 3.73. The van der Waals surface area contributed by atoms with Gasteiger partial charge in [0, 0.05) is 37.8 Å². The van der Waals surface area contributed by atoms with Crippen molar-refractivity contribution in [3.8, 4) is 0 Å². The van der Waals surface area contributed by atoms with E-state index in [2.05, 4.69) is 52.0 Å². The van der Waals surface area contributed by atoms with Gasteiger partial charge in [-0.15, -0.1) is 0 Å². The molecule has 2 unspecified atom stereocenters. The summed E-state index contributed by atoms with van der Waals surface area (Å²) in [6.45, 7) is 6.54. The molecule has 142 valence electrons. The average molecular weight is 365 g/mol. The van der Waals surface area contributed by atoms with Gasteiger partial charge in [0.2, 0.25) is 0 Å². The number of benzene rings is 1. The Morgan fingerprint density at radius 2 is 2.04 bits per heavy atom. The van der Waals surface area contributed by atoms with Gasteiger partial charge in [-0.1, -0.05) is 29.8 Å². The number of amides is 1. The summed E-state index contributed by atoms with van der Waals surface area (Å²) in [6.07, 6.45) is 5.15. The van der Waals surface area contributed by atoms with Crippen LogP contribution in [-0.4, -0.2) is 46.5 Å². The lowest BCUT2D eigenvalue weighted by atomic mass is 9.80. The molecule has 1 aromatic heterocycles. The van der Waals surface area contributed by atoms with Gasteiger partial charge >= 0.3 is 0 Å². The molecular weight excluding hydrogens is 338 g/mol. The Labute approximate surface area is 160 Å². The van der Waals surface area contributed by atoms with E-state index in [-0.39, 0.29) is 5.91 Å². The summed E-state index contributed by atoms with van der Waals surface area (Å²) in [7, 11) is 0. The van der Waals surface area contributed by atoms with E-state index in [0.717, 1.165) is 38.2 Å². The molecule has 2 atom stereocenters. The minimum absolute atomic E-state index is 0.0549. The van der Waals surface area contributed by atoms with Crippen LogP contribution in [0, 0.1) is 19.8 Å². The Balaban J connectivity index is 1.41. The first-order chi connectivity index (χ1) is 13.1. The molecule has 2 aromatic rings. The van der Waals surface area contributed by atoms with E-state index < -0.39 is 0 Å². The number of hydrazine groups is 1. The summed E-state index contributed by atoms with van der Waals surface area (Å²) < 4.78 is 0. The fraction of sp³-hybridized carbons (Fsp3) is 0.476. The van der Waals surface area contributed by atoms with E-state index in [1.54, 1.807) is 6.20 Å². The number of hydrogen-bond donors (Lipinski definition) is 2. The second-order valence-corrected chi connectivity index (χ2v) is 7.72. The smallest absolute Gasteiger partial charge is 0.257 e. The molecule has 2 fully saturated rings. The van der Waals surface area contributed by atoms with Crippen molar-refractivity contribution in [3.63, 3.8) is 0 Å². The first-order valence-corrected chi connectivity index (χ1v) is 9.74. The number of aromatic nitrogens is 2. The molecule has 0 bridgehead atoms. The highest BCUT2D eigenvalue weighted by atomic mass is 16.2. The molecule has 0 saturated carbocycles. The largest absolute Gasteiger partial charge is 0.339 e. The third-order valence-electron chi connectivity index (χ3n) is 5.97. The second-order valence-electron chi connectivity index (χ2n) is 7.72. The van der Waals surface area contributed by atoms with Crippen molar-refractivity contribution in [2.45, 2.75) is 38.6 Å². The number of likely N-dealkylation sites (tertiary alicyclic amines) is 1. The topological polar surface area (TPSA) is 70.2 Å². The van der Waals surface area contributed by atoms with Crippen LogP contribution >= 0.6 is 0 Å². The molecule has 2 saturated heterocycles. The Bertz CT molecular complexity index is 816. The standard InChI is InChI=1S/C21H27N5O/c1-14-4-3-5-17(10-14)19-12-24-25-20(19)16-6-8-26(9-7-16)21(27)18-11-22-13-23-15(18)2/h3-5,10-11,13,16,19-20,24-25H,6-9,12H2,1-2H3. The molecule has 2 aliphatic heterocycles. The number of piperidine rings is 1. The number of carbonyl (C=O) groups is 1. The van der Waals surface area contributed by atoms with Gasteiger partial charge < -0.3 is 4.90 Å². The van der Waals surface area contributed by atoms with Crippen molar-refractivity contribution < 1.29 is 4.79 Å². The highest BCUT2D eigenvalue weighted by molar-refractivity contribution is 5.94. The van der Waals surface area contributed by atoms with Crippen molar-refractivity contribution in [2.75, 3.05) is 19.6 Å². The van der Waals surface area contributed by atoms with Crippen molar-refractivity contribution in [2.24, 2.45) is 5.92 Å². The Hall–Kier alpha value is -2.31. The molecule has 6 nitrogen and oxygen atoms in total. The van der Waals surface area contributed by atoms with Crippen molar-refractivity contribution in [1.29, 1.82) is 0 Å². The zero-order valence-electron chi connectivity index (χ0n) is 16.0. The first kappa shape index (κ1) is 18.1. The Kier molecular flexibility index (Phi) is 5.18. The maximum Gasteiger partial charge on any atom is 0.257 e. The number of rotatable bonds is 3. The van der Waals surface area contributed by atoms with Crippen LogP contribution in [0.1, 0.15) is 45.9 Å². The fourth-order valence-corrected chi connectivity index (χ4v) is 4.42. The average Bonchev–Trinajstić information content (AvgIpc) is 3.18. The van der Waals surface area contributed by atoms with Gasteiger partial charge in [0.1, 0.15) is 6.33 Å². The number of nitrogens with zero attached hydrogens (tertiary/aromatic N) is 3. The molecule has 1 amide bonds. The van der Waals surface area contributed by atoms with Gasteiger partial charge in [-0.2, -0.15) is 0 Å². The van der Waals surface area contributed by atoms with Crippen molar-refractivity contribution >= 4 is 5.91 Å². The molecule has 0 aliphatic carbocycles. The van der Waals surface area contributed by atoms with Gasteiger partial charge in [0.15, 0.2) is 0 Å². The Morgan fingerprint density at radius 1 is 1.22 bits per heavy atom. The molecule has 3 heterocycles. The summed E-state index contributed by atoms with van der Waals surface area (Å²) in [4.78, 5) is 22.9. The second kappa shape index (κ2) is 7.74. The molecule has 2 N–H and O–H groups in total. The lowest BCUT2D eigenvalue weighted by Crippen LogP contribution is -2.46. The van der Waals surface area contributed by atoms with Crippen molar-refractivity contribution in [1.82, 2.24) is 25.7 Å². The van der Waals surface area contributed by atoms with Crippen LogP contribution in [0.25, 0.3) is 0 Å². The maximum atomic E-state index is 12.8. The summed E-state index contributed by atoms with van der Waals surface area (Å²) in [5.74, 6) is 1.09. The van der Waals surface area contributed by atoms with Crippen molar-refractivity contribution in [3.05, 3.63) is 59.2 Å². The fourth-order valence-electron chi connectivity index (χ4n) is 4.42. The maximum absolute atomic E-state index is 12.8. The quantitative estimate of drug-likeness (QED) is 0.873. The van der Waals surface area contributed by atoms with Crippen LogP contribution in [0.5, 0.6) is 0 Å². The van der Waals surface area contributed by atoms with Crippen LogP contribution in [0.3, 0.4) is 0 Å². The van der Waals surface area contributed by atoms with E-state index in [1.807, 2.05) is 11.8 Å². The molecule has 0 radical (unpaired) electrons. The lowest BCUT2D eigenvalue weighted by molar-refractivity contribution is 0.0668. The first-order valence-electron chi connectivity index (χ1n) is 9.74. The van der Waals surface area contributed by atoms with Gasteiger partial charge in [0.05, 0.1) is 11.3 Å². The van der Waals surface area contributed by atoms with Gasteiger partial charge in [0.25, 0.3) is 5.91 Å². The molecule has 1 aromatic carbocycles. The SMILES string of the molecule is Cc1cccc(C2CNNC2C2CCN(C(=O)c3cncnc3C)CC2)c1. The van der Waals surface area contributed by atoms with Gasteiger partial charge in [-0.05, 0) is 38.2 Å². The monoisotopic (exact) mass is 365 g/mol. The molecule has 6 heteroatoms. The van der Waals surface area contributed by atoms with Crippen LogP contribution in [0.4, 0.5) is 0 Å². The van der Waals surface area contributed by atoms with Gasteiger partial charge in [-0.3, -0.25) is 15.6 Å². The summed E-state index contributed by atoms with van der Waals surface area (Å²) in [5, 5.41) is 0. The number of aryl methyl sites for hydroxylation is 2. The molecule has 0 spiro atoms. The predicted octanol–water partition coefficient (Wildman–Crippen LogP) is 2.21. The minimum Gasteiger partial charge on any atom is -0.339 e. The van der Waals surface area contributed by atoms with Crippen LogP contribution in [-0.2, 0) is 0 Å². The highest BCUT2D eigenvalue weighted by Crippen LogP contribution is 2.33. The molecule has 2 aliphatic rings. The highest BCUT2D eigenvalue weighted by Gasteiger charge is 2.37. The summed E-state index contributed by atoms with van der Waals surface area (Å²) in [5.41, 5.74) is 10.9. The van der Waals surface area contributed by atoms with E-state index in [0.29, 0.717) is 23.4 Å². The van der Waals surface area contributed by atoms with E-state index in [9.17, 15) is 4.79 Å². The molecule has 4 rings (SSSR count). The normalized spacial score (nSPS) is 23.6. The number of hydrogen-bond acceptors (Lipinski definition) is 5. The summed E-state index contributed by atoms with van der Waals surface area (Å²) >= 11 is 0.